The van der Waals surface area contributed by atoms with Gasteiger partial charge in [0.25, 0.3) is 0 Å². The van der Waals surface area contributed by atoms with Crippen LogP contribution < -0.4 is 15.7 Å². The Morgan fingerprint density at radius 1 is 1.19 bits per heavy atom. The highest BCUT2D eigenvalue weighted by atomic mass is 16.5. The van der Waals surface area contributed by atoms with Crippen molar-refractivity contribution >= 4 is 28.4 Å². The van der Waals surface area contributed by atoms with E-state index in [9.17, 15) is 14.8 Å². The number of hydrogen-bond acceptors (Lipinski definition) is 6. The smallest absolute Gasteiger partial charge is 0.248 e. The molecule has 32 heavy (non-hydrogen) atoms. The highest BCUT2D eigenvalue weighted by molar-refractivity contribution is 5.94. The Morgan fingerprint density at radius 2 is 1.91 bits per heavy atom. The van der Waals surface area contributed by atoms with E-state index in [2.05, 4.69) is 27.3 Å². The summed E-state index contributed by atoms with van der Waals surface area (Å²) < 4.78 is 0. The van der Waals surface area contributed by atoms with Gasteiger partial charge in [-0.15, -0.1) is 0 Å². The van der Waals surface area contributed by atoms with Crippen LogP contribution in [0.3, 0.4) is 0 Å². The SMILES string of the molecule is Cc1cc(N2CCN(C(=O)C3(C)NCC4(CC4)CC3C(=O)NO)CC2)c2ccccc2n1. The fraction of sp³-hybridized carbons (Fsp3) is 0.542. The first-order chi connectivity index (χ1) is 15.3. The van der Waals surface area contributed by atoms with Crippen molar-refractivity contribution in [3.05, 3.63) is 36.0 Å². The summed E-state index contributed by atoms with van der Waals surface area (Å²) in [7, 11) is 0. The number of piperidine rings is 1. The van der Waals surface area contributed by atoms with Gasteiger partial charge in [0.2, 0.25) is 11.8 Å². The number of benzene rings is 1. The van der Waals surface area contributed by atoms with E-state index in [0.717, 1.165) is 54.8 Å². The van der Waals surface area contributed by atoms with Crippen LogP contribution in [0.15, 0.2) is 30.3 Å². The van der Waals surface area contributed by atoms with Crippen LogP contribution in [-0.4, -0.2) is 65.2 Å². The van der Waals surface area contributed by atoms with Gasteiger partial charge in [0.15, 0.2) is 0 Å². The van der Waals surface area contributed by atoms with E-state index in [1.165, 1.54) is 0 Å². The van der Waals surface area contributed by atoms with Gasteiger partial charge < -0.3 is 15.1 Å². The van der Waals surface area contributed by atoms with Crippen LogP contribution in [0.2, 0.25) is 0 Å². The highest BCUT2D eigenvalue weighted by Gasteiger charge is 2.58. The van der Waals surface area contributed by atoms with Gasteiger partial charge in [0, 0.05) is 49.5 Å². The minimum atomic E-state index is -1.01. The maximum atomic E-state index is 13.6. The van der Waals surface area contributed by atoms with Crippen molar-refractivity contribution in [2.75, 3.05) is 37.6 Å². The fourth-order valence-electron chi connectivity index (χ4n) is 5.44. The standard InChI is InChI=1S/C24H31N5O3/c1-16-13-20(17-5-3-4-6-19(17)26-16)28-9-11-29(12-10-28)22(31)23(2)18(21(30)27-32)14-24(7-8-24)15-25-23/h3-6,13,18,25,32H,7-12,14-15H2,1-2H3,(H,27,30). The molecule has 170 valence electrons. The molecule has 2 aromatic rings. The lowest BCUT2D eigenvalue weighted by molar-refractivity contribution is -0.151. The number of carbonyl (C=O) groups excluding carboxylic acids is 2. The molecule has 2 aliphatic heterocycles. The van der Waals surface area contributed by atoms with Gasteiger partial charge in [0.1, 0.15) is 5.54 Å². The summed E-state index contributed by atoms with van der Waals surface area (Å²) in [6, 6.07) is 10.3. The third kappa shape index (κ3) is 3.51. The molecule has 3 heterocycles. The number of pyridine rings is 1. The van der Waals surface area contributed by atoms with Crippen molar-refractivity contribution in [2.24, 2.45) is 11.3 Å². The van der Waals surface area contributed by atoms with Crippen LogP contribution in [0.5, 0.6) is 0 Å². The zero-order valence-corrected chi connectivity index (χ0v) is 18.7. The van der Waals surface area contributed by atoms with Crippen LogP contribution >= 0.6 is 0 Å². The van der Waals surface area contributed by atoms with Crippen LogP contribution in [-0.2, 0) is 9.59 Å². The molecule has 2 saturated heterocycles. The zero-order valence-electron chi connectivity index (χ0n) is 18.7. The van der Waals surface area contributed by atoms with Gasteiger partial charge >= 0.3 is 0 Å². The fourth-order valence-corrected chi connectivity index (χ4v) is 5.44. The van der Waals surface area contributed by atoms with Crippen molar-refractivity contribution < 1.29 is 14.8 Å². The predicted octanol–water partition coefficient (Wildman–Crippen LogP) is 1.85. The lowest BCUT2D eigenvalue weighted by Crippen LogP contribution is -2.68. The van der Waals surface area contributed by atoms with Crippen LogP contribution in [0.1, 0.15) is 31.9 Å². The Bertz CT molecular complexity index is 1060. The summed E-state index contributed by atoms with van der Waals surface area (Å²) >= 11 is 0. The maximum absolute atomic E-state index is 13.6. The summed E-state index contributed by atoms with van der Waals surface area (Å²) in [5.41, 5.74) is 4.00. The largest absolute Gasteiger partial charge is 0.367 e. The number of nitrogens with one attached hydrogen (secondary N) is 2. The van der Waals surface area contributed by atoms with Crippen molar-refractivity contribution in [3.8, 4) is 0 Å². The van der Waals surface area contributed by atoms with Gasteiger partial charge in [-0.05, 0) is 50.7 Å². The molecule has 0 radical (unpaired) electrons. The molecule has 3 aliphatic rings. The predicted molar refractivity (Wildman–Crippen MR) is 121 cm³/mol. The van der Waals surface area contributed by atoms with Gasteiger partial charge in [-0.2, -0.15) is 0 Å². The number of para-hydroxylation sites is 1. The molecule has 2 amide bonds. The number of amides is 2. The number of anilines is 1. The molecule has 8 nitrogen and oxygen atoms in total. The van der Waals surface area contributed by atoms with Crippen molar-refractivity contribution in [1.82, 2.24) is 20.7 Å². The Kier molecular flexibility index (Phi) is 5.09. The third-order valence-corrected chi connectivity index (χ3v) is 7.72. The Labute approximate surface area is 187 Å². The third-order valence-electron chi connectivity index (χ3n) is 7.72. The molecule has 1 aromatic heterocycles. The van der Waals surface area contributed by atoms with E-state index >= 15 is 0 Å². The maximum Gasteiger partial charge on any atom is 0.248 e. The summed E-state index contributed by atoms with van der Waals surface area (Å²) in [6.45, 7) is 7.18. The molecule has 5 rings (SSSR count). The average Bonchev–Trinajstić information content (AvgIpc) is 3.58. The normalized spacial score (nSPS) is 26.9. The second kappa shape index (κ2) is 7.71. The number of hydroxylamine groups is 1. The van der Waals surface area contributed by atoms with Gasteiger partial charge in [-0.3, -0.25) is 19.8 Å². The molecule has 2 atom stereocenters. The number of rotatable bonds is 3. The Hall–Kier alpha value is -2.71. The van der Waals surface area contributed by atoms with Crippen molar-refractivity contribution in [1.29, 1.82) is 0 Å². The van der Waals surface area contributed by atoms with E-state index in [1.807, 2.05) is 36.9 Å². The monoisotopic (exact) mass is 437 g/mol. The first-order valence-electron chi connectivity index (χ1n) is 11.4. The van der Waals surface area contributed by atoms with E-state index in [1.54, 1.807) is 5.48 Å². The quantitative estimate of drug-likeness (QED) is 0.501. The molecule has 3 fully saturated rings. The summed E-state index contributed by atoms with van der Waals surface area (Å²) in [5, 5.41) is 13.8. The summed E-state index contributed by atoms with van der Waals surface area (Å²) in [4.78, 5) is 34.9. The van der Waals surface area contributed by atoms with E-state index < -0.39 is 17.4 Å². The number of aromatic nitrogens is 1. The minimum Gasteiger partial charge on any atom is -0.367 e. The molecule has 1 aliphatic carbocycles. The molecule has 8 heteroatoms. The molecule has 1 spiro atoms. The second-order valence-corrected chi connectivity index (χ2v) is 9.87. The molecule has 1 saturated carbocycles. The molecule has 3 N–H and O–H groups in total. The number of piperazine rings is 1. The van der Waals surface area contributed by atoms with Crippen molar-refractivity contribution in [2.45, 2.75) is 38.6 Å². The lowest BCUT2D eigenvalue weighted by atomic mass is 9.72. The zero-order chi connectivity index (χ0) is 22.5. The first-order valence-corrected chi connectivity index (χ1v) is 11.4. The van der Waals surface area contributed by atoms with Gasteiger partial charge in [0.05, 0.1) is 11.4 Å². The van der Waals surface area contributed by atoms with Crippen molar-refractivity contribution in [3.63, 3.8) is 0 Å². The summed E-state index contributed by atoms with van der Waals surface area (Å²) in [6.07, 6.45) is 2.77. The van der Waals surface area contributed by atoms with Crippen LogP contribution in [0.4, 0.5) is 5.69 Å². The van der Waals surface area contributed by atoms with E-state index in [-0.39, 0.29) is 11.3 Å². The second-order valence-electron chi connectivity index (χ2n) is 9.87. The molecule has 0 bridgehead atoms. The van der Waals surface area contributed by atoms with Crippen LogP contribution in [0.25, 0.3) is 10.9 Å². The minimum absolute atomic E-state index is 0.0583. The molecule has 1 aromatic carbocycles. The first kappa shape index (κ1) is 21.2. The Balaban J connectivity index is 1.33. The topological polar surface area (TPSA) is 97.8 Å². The Morgan fingerprint density at radius 3 is 2.59 bits per heavy atom. The molecule has 2 unspecified atom stereocenters. The highest BCUT2D eigenvalue weighted by Crippen LogP contribution is 2.54. The lowest BCUT2D eigenvalue weighted by Gasteiger charge is -2.47. The van der Waals surface area contributed by atoms with E-state index in [4.69, 9.17) is 0 Å². The number of carbonyl (C=O) groups is 2. The summed E-state index contributed by atoms with van der Waals surface area (Å²) in [5.74, 6) is -1.12. The van der Waals surface area contributed by atoms with Gasteiger partial charge in [-0.1, -0.05) is 18.2 Å². The molecular weight excluding hydrogens is 406 g/mol. The number of hydrogen-bond donors (Lipinski definition) is 3. The van der Waals surface area contributed by atoms with Gasteiger partial charge in [-0.25, -0.2) is 5.48 Å². The van der Waals surface area contributed by atoms with E-state index in [0.29, 0.717) is 19.5 Å². The molecular formula is C24H31N5O3. The number of nitrogens with zero attached hydrogens (tertiary/aromatic N) is 3. The average molecular weight is 438 g/mol. The van der Waals surface area contributed by atoms with Crippen LogP contribution in [0, 0.1) is 18.3 Å². The number of fused-ring (bicyclic) bond motifs is 1. The number of aryl methyl sites for hydroxylation is 1.